The molecule has 0 radical (unpaired) electrons. The van der Waals surface area contributed by atoms with Crippen molar-refractivity contribution in [2.75, 3.05) is 51.8 Å². The molecule has 2 heterocycles. The van der Waals surface area contributed by atoms with E-state index in [-0.39, 0.29) is 5.91 Å². The Hall–Kier alpha value is -4.60. The molecular formula is C27H28N4O6. The number of carboxylic acids is 1. The summed E-state index contributed by atoms with van der Waals surface area (Å²) in [6, 6.07) is 17.8. The lowest BCUT2D eigenvalue weighted by atomic mass is 10.1. The number of anilines is 1. The van der Waals surface area contributed by atoms with Crippen LogP contribution in [0.15, 0.2) is 60.7 Å². The van der Waals surface area contributed by atoms with Crippen molar-refractivity contribution < 1.29 is 29.0 Å². The molecule has 0 unspecified atom stereocenters. The first kappa shape index (κ1) is 25.5. The molecule has 4 rings (SSSR count). The second-order valence-corrected chi connectivity index (χ2v) is 8.38. The van der Waals surface area contributed by atoms with Gasteiger partial charge in [-0.2, -0.15) is 0 Å². The van der Waals surface area contributed by atoms with E-state index in [1.807, 2.05) is 36.4 Å². The summed E-state index contributed by atoms with van der Waals surface area (Å²) in [4.78, 5) is 44.4. The molecule has 10 heteroatoms. The number of carbonyl (C=O) groups excluding carboxylic acids is 2. The molecule has 2 N–H and O–H groups in total. The van der Waals surface area contributed by atoms with Gasteiger partial charge in [0.25, 0.3) is 11.8 Å². The van der Waals surface area contributed by atoms with Crippen molar-refractivity contribution >= 4 is 23.5 Å². The Morgan fingerprint density at radius 1 is 0.919 bits per heavy atom. The Balaban J connectivity index is 1.38. The molecule has 0 spiro atoms. The number of nitrogens with zero attached hydrogens (tertiary/aromatic N) is 3. The van der Waals surface area contributed by atoms with E-state index in [4.69, 9.17) is 14.6 Å². The highest BCUT2D eigenvalue weighted by atomic mass is 16.5. The molecule has 1 aliphatic rings. The average molecular weight is 505 g/mol. The number of pyridine rings is 1. The van der Waals surface area contributed by atoms with Gasteiger partial charge in [-0.1, -0.05) is 6.07 Å². The number of hydrogen-bond donors (Lipinski definition) is 2. The number of methoxy groups -OCH3 is 2. The fourth-order valence-electron chi connectivity index (χ4n) is 4.12. The Morgan fingerprint density at radius 2 is 1.62 bits per heavy atom. The van der Waals surface area contributed by atoms with E-state index < -0.39 is 18.4 Å². The number of hydrogen-bond acceptors (Lipinski definition) is 7. The van der Waals surface area contributed by atoms with Gasteiger partial charge in [0.1, 0.15) is 12.2 Å². The number of rotatable bonds is 8. The normalized spacial score (nSPS) is 13.1. The molecular weight excluding hydrogens is 476 g/mol. The monoisotopic (exact) mass is 504 g/mol. The number of ether oxygens (including phenoxy) is 2. The quantitative estimate of drug-likeness (QED) is 0.480. The van der Waals surface area contributed by atoms with Gasteiger partial charge in [-0.25, -0.2) is 4.98 Å². The van der Waals surface area contributed by atoms with Crippen LogP contribution in [-0.4, -0.2) is 79.7 Å². The van der Waals surface area contributed by atoms with Crippen LogP contribution in [0.3, 0.4) is 0 Å². The first-order valence-electron chi connectivity index (χ1n) is 11.7. The second-order valence-electron chi connectivity index (χ2n) is 8.38. The number of amides is 2. The lowest BCUT2D eigenvalue weighted by molar-refractivity contribution is -0.135. The highest BCUT2D eigenvalue weighted by Crippen LogP contribution is 2.31. The summed E-state index contributed by atoms with van der Waals surface area (Å²) in [5, 5.41) is 11.0. The smallest absolute Gasteiger partial charge is 0.322 e. The number of carboxylic acid groups (broad SMARTS) is 1. The summed E-state index contributed by atoms with van der Waals surface area (Å²) in [7, 11) is 3.15. The topological polar surface area (TPSA) is 121 Å². The molecule has 1 aromatic heterocycles. The molecule has 37 heavy (non-hydrogen) atoms. The standard InChI is InChI=1S/C27H28N4O6/c1-36-23-11-8-19(16-24(23)37-2)21-4-3-5-22(29-21)27(35)31-14-12-30(13-15-31)20-9-6-18(7-10-20)26(34)28-17-25(32)33/h3-11,16H,12-15,17H2,1-2H3,(H,28,34)(H,32,33). The van der Waals surface area contributed by atoms with E-state index in [0.29, 0.717) is 54.6 Å². The van der Waals surface area contributed by atoms with Crippen molar-refractivity contribution in [3.63, 3.8) is 0 Å². The summed E-state index contributed by atoms with van der Waals surface area (Å²) in [5.41, 5.74) is 3.17. The van der Waals surface area contributed by atoms with E-state index >= 15 is 0 Å². The maximum Gasteiger partial charge on any atom is 0.322 e. The molecule has 1 saturated heterocycles. The van der Waals surface area contributed by atoms with Gasteiger partial charge in [0, 0.05) is 43.0 Å². The van der Waals surface area contributed by atoms with Crippen molar-refractivity contribution in [3.05, 3.63) is 71.9 Å². The minimum absolute atomic E-state index is 0.132. The molecule has 2 amide bonds. The maximum atomic E-state index is 13.2. The van der Waals surface area contributed by atoms with Gasteiger partial charge in [-0.05, 0) is 54.6 Å². The number of carbonyl (C=O) groups is 3. The molecule has 0 saturated carbocycles. The minimum atomic E-state index is -1.10. The third-order valence-electron chi connectivity index (χ3n) is 6.11. The van der Waals surface area contributed by atoms with Gasteiger partial charge >= 0.3 is 5.97 Å². The molecule has 3 aromatic rings. The Bertz CT molecular complexity index is 1290. The van der Waals surface area contributed by atoms with Gasteiger partial charge in [0.15, 0.2) is 11.5 Å². The van der Waals surface area contributed by atoms with Crippen LogP contribution in [0.1, 0.15) is 20.8 Å². The first-order valence-corrected chi connectivity index (χ1v) is 11.7. The van der Waals surface area contributed by atoms with E-state index in [1.165, 1.54) is 0 Å². The number of aromatic nitrogens is 1. The van der Waals surface area contributed by atoms with E-state index in [0.717, 1.165) is 11.3 Å². The zero-order valence-electron chi connectivity index (χ0n) is 20.6. The van der Waals surface area contributed by atoms with E-state index in [9.17, 15) is 14.4 Å². The SMILES string of the molecule is COc1ccc(-c2cccc(C(=O)N3CCN(c4ccc(C(=O)NCC(=O)O)cc4)CC3)n2)cc1OC. The van der Waals surface area contributed by atoms with Crippen LogP contribution in [0.25, 0.3) is 11.3 Å². The molecule has 192 valence electrons. The summed E-state index contributed by atoms with van der Waals surface area (Å²) in [6.45, 7) is 1.89. The largest absolute Gasteiger partial charge is 0.493 e. The molecule has 10 nitrogen and oxygen atoms in total. The molecule has 1 fully saturated rings. The fourth-order valence-corrected chi connectivity index (χ4v) is 4.12. The van der Waals surface area contributed by atoms with Crippen LogP contribution in [0, 0.1) is 0 Å². The summed E-state index contributed by atoms with van der Waals surface area (Å²) < 4.78 is 10.7. The van der Waals surface area contributed by atoms with Crippen molar-refractivity contribution in [3.8, 4) is 22.8 Å². The van der Waals surface area contributed by atoms with Crippen LogP contribution in [0.5, 0.6) is 11.5 Å². The fraction of sp³-hybridized carbons (Fsp3) is 0.259. The Morgan fingerprint density at radius 3 is 2.27 bits per heavy atom. The zero-order valence-corrected chi connectivity index (χ0v) is 20.6. The number of aliphatic carboxylic acids is 1. The highest BCUT2D eigenvalue weighted by Gasteiger charge is 2.24. The lowest BCUT2D eigenvalue weighted by Crippen LogP contribution is -2.49. The van der Waals surface area contributed by atoms with Crippen LogP contribution in [-0.2, 0) is 4.79 Å². The average Bonchev–Trinajstić information content (AvgIpc) is 2.95. The second kappa shape index (κ2) is 11.4. The molecule has 1 aliphatic heterocycles. The van der Waals surface area contributed by atoms with E-state index in [1.54, 1.807) is 43.4 Å². The Kier molecular flexibility index (Phi) is 7.87. The van der Waals surface area contributed by atoms with Gasteiger partial charge < -0.3 is 29.7 Å². The van der Waals surface area contributed by atoms with Gasteiger partial charge in [0.2, 0.25) is 0 Å². The summed E-state index contributed by atoms with van der Waals surface area (Å²) in [5.74, 6) is -0.462. The van der Waals surface area contributed by atoms with E-state index in [2.05, 4.69) is 15.2 Å². The van der Waals surface area contributed by atoms with Crippen LogP contribution < -0.4 is 19.7 Å². The van der Waals surface area contributed by atoms with Crippen molar-refractivity contribution in [1.29, 1.82) is 0 Å². The molecule has 0 aliphatic carbocycles. The highest BCUT2D eigenvalue weighted by molar-refractivity contribution is 5.96. The minimum Gasteiger partial charge on any atom is -0.493 e. The first-order chi connectivity index (χ1) is 17.9. The third kappa shape index (κ3) is 5.97. The molecule has 2 aromatic carbocycles. The zero-order chi connectivity index (χ0) is 26.4. The van der Waals surface area contributed by atoms with Gasteiger partial charge in [0.05, 0.1) is 19.9 Å². The number of piperazine rings is 1. The van der Waals surface area contributed by atoms with Crippen LogP contribution in [0.4, 0.5) is 5.69 Å². The molecule has 0 bridgehead atoms. The number of nitrogens with one attached hydrogen (secondary N) is 1. The van der Waals surface area contributed by atoms with Crippen LogP contribution >= 0.6 is 0 Å². The Labute approximate surface area is 214 Å². The van der Waals surface area contributed by atoms with Crippen molar-refractivity contribution in [2.24, 2.45) is 0 Å². The van der Waals surface area contributed by atoms with Crippen molar-refractivity contribution in [2.45, 2.75) is 0 Å². The number of benzene rings is 2. The summed E-state index contributed by atoms with van der Waals surface area (Å²) in [6.07, 6.45) is 0. The van der Waals surface area contributed by atoms with Gasteiger partial charge in [-0.3, -0.25) is 14.4 Å². The van der Waals surface area contributed by atoms with Crippen molar-refractivity contribution in [1.82, 2.24) is 15.2 Å². The maximum absolute atomic E-state index is 13.2. The predicted molar refractivity (Wildman–Crippen MR) is 137 cm³/mol. The lowest BCUT2D eigenvalue weighted by Gasteiger charge is -2.36. The third-order valence-corrected chi connectivity index (χ3v) is 6.11. The molecule has 0 atom stereocenters. The predicted octanol–water partition coefficient (Wildman–Crippen LogP) is 2.54. The van der Waals surface area contributed by atoms with Gasteiger partial charge in [-0.15, -0.1) is 0 Å². The van der Waals surface area contributed by atoms with Crippen LogP contribution in [0.2, 0.25) is 0 Å². The summed E-state index contributed by atoms with van der Waals surface area (Å²) >= 11 is 0.